The average Bonchev–Trinajstić information content (AvgIpc) is 2.85. The van der Waals surface area contributed by atoms with E-state index in [1.807, 2.05) is 12.1 Å². The maximum atomic E-state index is 13.8. The van der Waals surface area contributed by atoms with Gasteiger partial charge in [0, 0.05) is 49.3 Å². The Labute approximate surface area is 195 Å². The van der Waals surface area contributed by atoms with Crippen molar-refractivity contribution in [2.24, 2.45) is 0 Å². The van der Waals surface area contributed by atoms with Crippen molar-refractivity contribution >= 4 is 22.6 Å². The number of halogens is 2. The van der Waals surface area contributed by atoms with E-state index < -0.39 is 23.2 Å². The summed E-state index contributed by atoms with van der Waals surface area (Å²) >= 11 is 0. The van der Waals surface area contributed by atoms with Crippen LogP contribution in [0.4, 0.5) is 14.5 Å². The Morgan fingerprint density at radius 1 is 1.03 bits per heavy atom. The van der Waals surface area contributed by atoms with Gasteiger partial charge in [0.15, 0.2) is 11.5 Å². The number of fused-ring (bicyclic) bond motifs is 1. The van der Waals surface area contributed by atoms with Crippen LogP contribution in [0.15, 0.2) is 36.8 Å². The number of anilines is 1. The summed E-state index contributed by atoms with van der Waals surface area (Å²) < 4.78 is 38.8. The zero-order valence-electron chi connectivity index (χ0n) is 18.5. The van der Waals surface area contributed by atoms with E-state index in [2.05, 4.69) is 25.2 Å². The molecule has 0 atom stereocenters. The first-order valence-electron chi connectivity index (χ1n) is 11.4. The summed E-state index contributed by atoms with van der Waals surface area (Å²) in [6, 6.07) is 4.56. The van der Waals surface area contributed by atoms with Crippen LogP contribution in [0.2, 0.25) is 0 Å². The van der Waals surface area contributed by atoms with E-state index in [-0.39, 0.29) is 12.1 Å². The number of nitrogens with one attached hydrogen (secondary N) is 1. The van der Waals surface area contributed by atoms with Gasteiger partial charge < -0.3 is 19.7 Å². The number of carbonyl (C=O) groups excluding carboxylic acids is 1. The van der Waals surface area contributed by atoms with Gasteiger partial charge in [-0.25, -0.2) is 18.7 Å². The Bertz CT molecular complexity index is 1180. The smallest absolute Gasteiger partial charge is 0.273 e. The molecule has 0 bridgehead atoms. The van der Waals surface area contributed by atoms with Crippen molar-refractivity contribution in [2.75, 3.05) is 31.2 Å². The average molecular weight is 469 g/mol. The summed E-state index contributed by atoms with van der Waals surface area (Å²) in [6.45, 7) is 2.97. The van der Waals surface area contributed by atoms with Gasteiger partial charge in [-0.05, 0) is 31.7 Å². The fraction of sp³-hybridized carbons (Fsp3) is 0.417. The van der Waals surface area contributed by atoms with Crippen molar-refractivity contribution in [1.82, 2.24) is 20.3 Å². The van der Waals surface area contributed by atoms with Gasteiger partial charge in [-0.1, -0.05) is 0 Å². The Kier molecular flexibility index (Phi) is 6.48. The molecule has 5 rings (SSSR count). The molecular formula is C24H25F2N5O3. The molecule has 1 N–H and O–H groups in total. The standard InChI is InChI=1S/C24H25F2N5O3/c25-15-11-19(26)22(29-14-15)24(32)30-16-1-3-18(4-2-16)34-21-13-17(31-7-9-33-10-8-31)12-20-23(21)28-6-5-27-20/h5-6,11-14,16,18H,1-4,7-10H2,(H,30,32). The molecule has 1 aliphatic heterocycles. The summed E-state index contributed by atoms with van der Waals surface area (Å²) in [4.78, 5) is 27.1. The van der Waals surface area contributed by atoms with Crippen LogP contribution < -0.4 is 15.0 Å². The van der Waals surface area contributed by atoms with E-state index in [1.54, 1.807) is 12.4 Å². The van der Waals surface area contributed by atoms with E-state index in [0.717, 1.165) is 30.5 Å². The molecule has 3 heterocycles. The number of benzene rings is 1. The zero-order valence-corrected chi connectivity index (χ0v) is 18.5. The normalized spacial score (nSPS) is 20.8. The zero-order chi connectivity index (χ0) is 23.5. The lowest BCUT2D eigenvalue weighted by molar-refractivity contribution is 0.0885. The quantitative estimate of drug-likeness (QED) is 0.614. The van der Waals surface area contributed by atoms with Crippen molar-refractivity contribution in [3.63, 3.8) is 0 Å². The highest BCUT2D eigenvalue weighted by Crippen LogP contribution is 2.33. The molecule has 1 amide bonds. The predicted molar refractivity (Wildman–Crippen MR) is 121 cm³/mol. The molecule has 8 nitrogen and oxygen atoms in total. The third-order valence-corrected chi connectivity index (χ3v) is 6.23. The number of nitrogens with zero attached hydrogens (tertiary/aromatic N) is 4. The van der Waals surface area contributed by atoms with Gasteiger partial charge >= 0.3 is 0 Å². The molecule has 2 aliphatic rings. The summed E-state index contributed by atoms with van der Waals surface area (Å²) in [5, 5.41) is 2.80. The van der Waals surface area contributed by atoms with Gasteiger partial charge in [-0.15, -0.1) is 0 Å². The lowest BCUT2D eigenvalue weighted by Gasteiger charge is -2.31. The fourth-order valence-corrected chi connectivity index (χ4v) is 4.46. The summed E-state index contributed by atoms with van der Waals surface area (Å²) in [6.07, 6.45) is 6.89. The second-order valence-electron chi connectivity index (χ2n) is 8.52. The second kappa shape index (κ2) is 9.84. The minimum absolute atomic E-state index is 0.0426. The van der Waals surface area contributed by atoms with Crippen LogP contribution in [0, 0.1) is 11.6 Å². The molecule has 1 aromatic carbocycles. The molecule has 0 unspecified atom stereocenters. The van der Waals surface area contributed by atoms with Crippen molar-refractivity contribution in [1.29, 1.82) is 0 Å². The van der Waals surface area contributed by atoms with Crippen LogP contribution in [-0.4, -0.2) is 59.3 Å². The Balaban J connectivity index is 1.24. The highest BCUT2D eigenvalue weighted by molar-refractivity contribution is 5.92. The van der Waals surface area contributed by atoms with E-state index >= 15 is 0 Å². The Morgan fingerprint density at radius 3 is 2.56 bits per heavy atom. The molecule has 34 heavy (non-hydrogen) atoms. The van der Waals surface area contributed by atoms with E-state index in [1.165, 1.54) is 0 Å². The van der Waals surface area contributed by atoms with Crippen molar-refractivity contribution < 1.29 is 23.0 Å². The molecule has 1 saturated heterocycles. The molecule has 2 aromatic heterocycles. The fourth-order valence-electron chi connectivity index (χ4n) is 4.46. The topological polar surface area (TPSA) is 89.5 Å². The molecule has 1 saturated carbocycles. The number of ether oxygens (including phenoxy) is 2. The maximum Gasteiger partial charge on any atom is 0.273 e. The minimum Gasteiger partial charge on any atom is -0.488 e. The van der Waals surface area contributed by atoms with Gasteiger partial charge in [0.1, 0.15) is 17.1 Å². The van der Waals surface area contributed by atoms with Gasteiger partial charge in [0.2, 0.25) is 0 Å². The molecular weight excluding hydrogens is 444 g/mol. The maximum absolute atomic E-state index is 13.8. The SMILES string of the molecule is O=C(NC1CCC(Oc2cc(N3CCOCC3)cc3nccnc23)CC1)c1ncc(F)cc1F. The molecule has 10 heteroatoms. The largest absolute Gasteiger partial charge is 0.488 e. The lowest BCUT2D eigenvalue weighted by atomic mass is 9.92. The van der Waals surface area contributed by atoms with Crippen molar-refractivity contribution in [3.8, 4) is 5.75 Å². The first kappa shape index (κ1) is 22.4. The summed E-state index contributed by atoms with van der Waals surface area (Å²) in [5.41, 5.74) is 2.12. The Hall–Kier alpha value is -3.40. The predicted octanol–water partition coefficient (Wildman–Crippen LogP) is 3.26. The first-order chi connectivity index (χ1) is 16.6. The third-order valence-electron chi connectivity index (χ3n) is 6.23. The lowest BCUT2D eigenvalue weighted by Crippen LogP contribution is -2.40. The number of hydrogen-bond donors (Lipinski definition) is 1. The van der Waals surface area contributed by atoms with Crippen molar-refractivity contribution in [2.45, 2.75) is 37.8 Å². The number of morpholine rings is 1. The number of carbonyl (C=O) groups is 1. The van der Waals surface area contributed by atoms with Gasteiger partial charge in [-0.3, -0.25) is 9.78 Å². The van der Waals surface area contributed by atoms with Crippen molar-refractivity contribution in [3.05, 3.63) is 54.1 Å². The van der Waals surface area contributed by atoms with E-state index in [4.69, 9.17) is 9.47 Å². The number of rotatable bonds is 5. The molecule has 0 radical (unpaired) electrons. The van der Waals surface area contributed by atoms with Gasteiger partial charge in [0.05, 0.1) is 31.0 Å². The van der Waals surface area contributed by atoms with Crippen LogP contribution in [0.25, 0.3) is 11.0 Å². The molecule has 1 aliphatic carbocycles. The van der Waals surface area contributed by atoms with Crippen LogP contribution in [0.3, 0.4) is 0 Å². The summed E-state index contributed by atoms with van der Waals surface area (Å²) in [5.74, 6) is -1.73. The number of hydrogen-bond acceptors (Lipinski definition) is 7. The van der Waals surface area contributed by atoms with Crippen LogP contribution in [0.1, 0.15) is 36.2 Å². The molecule has 3 aromatic rings. The van der Waals surface area contributed by atoms with Crippen LogP contribution in [0.5, 0.6) is 5.75 Å². The van der Waals surface area contributed by atoms with E-state index in [0.29, 0.717) is 56.2 Å². The van der Waals surface area contributed by atoms with Gasteiger partial charge in [0.25, 0.3) is 5.91 Å². The van der Waals surface area contributed by atoms with Crippen LogP contribution in [-0.2, 0) is 4.74 Å². The minimum atomic E-state index is -0.970. The highest BCUT2D eigenvalue weighted by atomic mass is 19.1. The number of amides is 1. The van der Waals surface area contributed by atoms with Crippen LogP contribution >= 0.6 is 0 Å². The Morgan fingerprint density at radius 2 is 1.79 bits per heavy atom. The number of aromatic nitrogens is 3. The van der Waals surface area contributed by atoms with E-state index in [9.17, 15) is 13.6 Å². The first-order valence-corrected chi connectivity index (χ1v) is 11.4. The second-order valence-corrected chi connectivity index (χ2v) is 8.52. The summed E-state index contributed by atoms with van der Waals surface area (Å²) in [7, 11) is 0. The molecule has 178 valence electrons. The number of pyridine rings is 1. The molecule has 2 fully saturated rings. The highest BCUT2D eigenvalue weighted by Gasteiger charge is 2.26. The monoisotopic (exact) mass is 469 g/mol. The molecule has 0 spiro atoms. The third kappa shape index (κ3) is 4.91. The van der Waals surface area contributed by atoms with Gasteiger partial charge in [-0.2, -0.15) is 0 Å².